The molecule has 3 N–H and O–H groups in total. The van der Waals surface area contributed by atoms with Crippen LogP contribution < -0.4 is 21.1 Å². The first-order valence-corrected chi connectivity index (χ1v) is 11.0. The molecule has 9 nitrogen and oxygen atoms in total. The fourth-order valence-corrected chi connectivity index (χ4v) is 3.62. The summed E-state index contributed by atoms with van der Waals surface area (Å²) in [5, 5.41) is 15.9. The maximum Gasteiger partial charge on any atom is 0.573 e. The number of aromatic hydroxyl groups is 1. The number of hydrogen-bond acceptors (Lipinski definition) is 5. The van der Waals surface area contributed by atoms with Gasteiger partial charge in [0.2, 0.25) is 5.88 Å². The van der Waals surface area contributed by atoms with Crippen LogP contribution in [0.3, 0.4) is 0 Å². The molecule has 4 aromatic rings. The maximum atomic E-state index is 13.1. The van der Waals surface area contributed by atoms with Crippen LogP contribution in [0.15, 0.2) is 77.7 Å². The molecule has 0 spiro atoms. The number of alkyl halides is 3. The van der Waals surface area contributed by atoms with E-state index >= 15 is 0 Å². The predicted octanol–water partition coefficient (Wildman–Crippen LogP) is 4.32. The first-order valence-electron chi connectivity index (χ1n) is 11.0. The summed E-state index contributed by atoms with van der Waals surface area (Å²) in [6.45, 7) is 1.91. The van der Waals surface area contributed by atoms with Crippen molar-refractivity contribution in [2.75, 3.05) is 5.32 Å². The first-order chi connectivity index (χ1) is 17.6. The Morgan fingerprint density at radius 1 is 1.05 bits per heavy atom. The van der Waals surface area contributed by atoms with Crippen LogP contribution in [0.25, 0.3) is 5.69 Å². The van der Waals surface area contributed by atoms with Crippen molar-refractivity contribution < 1.29 is 27.8 Å². The Bertz CT molecular complexity index is 1450. The minimum absolute atomic E-state index is 0.0450. The average Bonchev–Trinajstić information content (AvgIpc) is 3.06. The Kier molecular flexibility index (Phi) is 7.18. The van der Waals surface area contributed by atoms with Gasteiger partial charge in [-0.05, 0) is 54.4 Å². The van der Waals surface area contributed by atoms with Gasteiger partial charge < -0.3 is 15.2 Å². The van der Waals surface area contributed by atoms with E-state index in [1.807, 2.05) is 30.3 Å². The third-order valence-electron chi connectivity index (χ3n) is 5.39. The monoisotopic (exact) mass is 513 g/mol. The van der Waals surface area contributed by atoms with E-state index in [0.29, 0.717) is 12.1 Å². The lowest BCUT2D eigenvalue weighted by Gasteiger charge is -2.10. The number of carbonyl (C=O) groups excluding carboxylic acids is 1. The molecule has 0 saturated heterocycles. The van der Waals surface area contributed by atoms with Crippen LogP contribution in [0.5, 0.6) is 11.6 Å². The van der Waals surface area contributed by atoms with Crippen molar-refractivity contribution in [3.8, 4) is 17.3 Å². The summed E-state index contributed by atoms with van der Waals surface area (Å²) in [5.41, 5.74) is 1.34. The van der Waals surface area contributed by atoms with Crippen LogP contribution in [0.1, 0.15) is 16.8 Å². The summed E-state index contributed by atoms with van der Waals surface area (Å²) in [6.07, 6.45) is -3.38. The second-order valence-electron chi connectivity index (χ2n) is 8.00. The van der Waals surface area contributed by atoms with Gasteiger partial charge in [0.05, 0.1) is 17.9 Å². The molecule has 2 aromatic carbocycles. The van der Waals surface area contributed by atoms with E-state index in [9.17, 15) is 27.9 Å². The van der Waals surface area contributed by atoms with Crippen molar-refractivity contribution in [2.45, 2.75) is 26.4 Å². The van der Waals surface area contributed by atoms with E-state index in [1.54, 1.807) is 12.1 Å². The Labute approximate surface area is 208 Å². The molecule has 12 heteroatoms. The van der Waals surface area contributed by atoms with Crippen LogP contribution in [-0.2, 0) is 13.1 Å². The molecule has 0 aliphatic carbocycles. The number of pyridine rings is 1. The number of nitrogens with zero attached hydrogens (tertiary/aromatic N) is 3. The van der Waals surface area contributed by atoms with Gasteiger partial charge in [-0.3, -0.25) is 9.88 Å². The molecule has 37 heavy (non-hydrogen) atoms. The lowest BCUT2D eigenvalue weighted by molar-refractivity contribution is -0.274. The summed E-state index contributed by atoms with van der Waals surface area (Å²) in [5.74, 6) is -0.551. The smallest absolute Gasteiger partial charge is 0.493 e. The number of aromatic nitrogens is 3. The fourth-order valence-electron chi connectivity index (χ4n) is 3.62. The van der Waals surface area contributed by atoms with Gasteiger partial charge in [0.25, 0.3) is 0 Å². The molecule has 0 fully saturated rings. The molecule has 4 rings (SSSR count). The fraction of sp³-hybridized carbons (Fsp3) is 0.160. The summed E-state index contributed by atoms with van der Waals surface area (Å²) in [4.78, 5) is 29.4. The third kappa shape index (κ3) is 6.28. The molecule has 0 bridgehead atoms. The molecule has 0 saturated carbocycles. The zero-order valence-corrected chi connectivity index (χ0v) is 19.5. The molecule has 0 aliphatic rings. The van der Waals surface area contributed by atoms with Crippen molar-refractivity contribution >= 4 is 11.8 Å². The molecule has 0 aliphatic heterocycles. The van der Waals surface area contributed by atoms with Crippen molar-refractivity contribution in [3.05, 3.63) is 100 Å². The Balaban J connectivity index is 1.48. The number of nitrogens with one attached hydrogen (secondary N) is 2. The molecular formula is C25H22F3N5O4. The largest absolute Gasteiger partial charge is 0.573 e. The minimum Gasteiger partial charge on any atom is -0.493 e. The van der Waals surface area contributed by atoms with Crippen molar-refractivity contribution in [2.24, 2.45) is 0 Å². The van der Waals surface area contributed by atoms with E-state index in [2.05, 4.69) is 20.4 Å². The zero-order chi connectivity index (χ0) is 26.6. The van der Waals surface area contributed by atoms with Gasteiger partial charge in [0.1, 0.15) is 11.6 Å². The molecular weight excluding hydrogens is 491 g/mol. The van der Waals surface area contributed by atoms with Gasteiger partial charge in [-0.2, -0.15) is 0 Å². The molecule has 2 amide bonds. The second kappa shape index (κ2) is 10.5. The van der Waals surface area contributed by atoms with Crippen LogP contribution in [-0.4, -0.2) is 31.6 Å². The SMILES string of the molecule is Cc1c(O)n(-c2ccc(OC(F)(F)F)cc2)c(=O)n1Cc1ccnc(NC(=O)NCc2ccccc2)c1. The summed E-state index contributed by atoms with van der Waals surface area (Å²) >= 11 is 0. The number of amides is 2. The van der Waals surface area contributed by atoms with Crippen molar-refractivity contribution in [1.82, 2.24) is 19.4 Å². The number of carbonyl (C=O) groups is 1. The molecule has 0 unspecified atom stereocenters. The summed E-state index contributed by atoms with van der Waals surface area (Å²) < 4.78 is 43.3. The maximum absolute atomic E-state index is 13.1. The Morgan fingerprint density at radius 2 is 1.76 bits per heavy atom. The lowest BCUT2D eigenvalue weighted by Crippen LogP contribution is -2.28. The number of halogens is 3. The first kappa shape index (κ1) is 25.4. The highest BCUT2D eigenvalue weighted by molar-refractivity contribution is 5.88. The van der Waals surface area contributed by atoms with E-state index in [4.69, 9.17) is 0 Å². The van der Waals surface area contributed by atoms with Crippen LogP contribution in [0.2, 0.25) is 0 Å². The number of imidazole rings is 1. The Morgan fingerprint density at radius 3 is 2.43 bits per heavy atom. The van der Waals surface area contributed by atoms with Crippen LogP contribution in [0.4, 0.5) is 23.8 Å². The normalized spacial score (nSPS) is 11.2. The lowest BCUT2D eigenvalue weighted by atomic mass is 10.2. The van der Waals surface area contributed by atoms with Crippen LogP contribution >= 0.6 is 0 Å². The standard InChI is InChI=1S/C25H22F3N5O4/c1-16-22(34)33(19-7-9-20(10-8-19)37-25(26,27)28)24(36)32(16)15-18-11-12-29-21(13-18)31-23(35)30-14-17-5-3-2-4-6-17/h2-13,34H,14-15H2,1H3,(H2,29,30,31,35). The van der Waals surface area contributed by atoms with Gasteiger partial charge in [0, 0.05) is 12.7 Å². The van der Waals surface area contributed by atoms with Gasteiger partial charge >= 0.3 is 18.1 Å². The molecule has 2 aromatic heterocycles. The molecule has 0 radical (unpaired) electrons. The van der Waals surface area contributed by atoms with Gasteiger partial charge in [-0.25, -0.2) is 19.1 Å². The third-order valence-corrected chi connectivity index (χ3v) is 5.39. The van der Waals surface area contributed by atoms with Gasteiger partial charge in [0.15, 0.2) is 0 Å². The van der Waals surface area contributed by atoms with Crippen LogP contribution in [0, 0.1) is 6.92 Å². The minimum atomic E-state index is -4.85. The predicted molar refractivity (Wildman–Crippen MR) is 129 cm³/mol. The van der Waals surface area contributed by atoms with Gasteiger partial charge in [-0.15, -0.1) is 13.2 Å². The van der Waals surface area contributed by atoms with E-state index in [-0.39, 0.29) is 29.6 Å². The number of hydrogen-bond donors (Lipinski definition) is 3. The molecule has 2 heterocycles. The topological polar surface area (TPSA) is 110 Å². The summed E-state index contributed by atoms with van der Waals surface area (Å²) in [7, 11) is 0. The molecule has 192 valence electrons. The average molecular weight is 513 g/mol. The summed E-state index contributed by atoms with van der Waals surface area (Å²) in [6, 6.07) is 16.7. The van der Waals surface area contributed by atoms with E-state index in [1.165, 1.54) is 29.8 Å². The quantitative estimate of drug-likeness (QED) is 0.341. The van der Waals surface area contributed by atoms with E-state index < -0.39 is 23.8 Å². The number of ether oxygens (including phenoxy) is 1. The number of rotatable bonds is 7. The Hall–Kier alpha value is -4.74. The van der Waals surface area contributed by atoms with Gasteiger partial charge in [-0.1, -0.05) is 30.3 Å². The number of urea groups is 1. The highest BCUT2D eigenvalue weighted by atomic mass is 19.4. The number of benzene rings is 2. The highest BCUT2D eigenvalue weighted by Gasteiger charge is 2.31. The molecule has 0 atom stereocenters. The van der Waals surface area contributed by atoms with E-state index in [0.717, 1.165) is 22.3 Å². The number of anilines is 1. The van der Waals surface area contributed by atoms with Crippen molar-refractivity contribution in [1.29, 1.82) is 0 Å². The highest BCUT2D eigenvalue weighted by Crippen LogP contribution is 2.26. The zero-order valence-electron chi connectivity index (χ0n) is 19.5. The second-order valence-corrected chi connectivity index (χ2v) is 8.00. The van der Waals surface area contributed by atoms with Crippen molar-refractivity contribution in [3.63, 3.8) is 0 Å².